The lowest BCUT2D eigenvalue weighted by atomic mass is 9.89. The molecule has 0 spiro atoms. The number of rotatable bonds is 5. The third-order valence-corrected chi connectivity index (χ3v) is 5.40. The zero-order chi connectivity index (χ0) is 19.4. The van der Waals surface area contributed by atoms with Crippen LogP contribution in [0.4, 0.5) is 5.69 Å². The molecule has 0 aromatic heterocycles. The summed E-state index contributed by atoms with van der Waals surface area (Å²) in [4.78, 5) is 17.1. The lowest BCUT2D eigenvalue weighted by Crippen LogP contribution is -2.28. The molecule has 3 N–H and O–H groups in total. The van der Waals surface area contributed by atoms with Crippen LogP contribution in [0.2, 0.25) is 0 Å². The van der Waals surface area contributed by atoms with Crippen molar-refractivity contribution >= 4 is 28.5 Å². The summed E-state index contributed by atoms with van der Waals surface area (Å²) in [7, 11) is 3.13. The second-order valence-corrected chi connectivity index (χ2v) is 7.54. The smallest absolute Gasteiger partial charge is 0.255 e. The molecule has 1 heterocycles. The molecule has 1 atom stereocenters. The van der Waals surface area contributed by atoms with Crippen molar-refractivity contribution in [2.75, 3.05) is 25.3 Å². The van der Waals surface area contributed by atoms with Crippen LogP contribution < -0.4 is 20.5 Å². The van der Waals surface area contributed by atoms with E-state index >= 15 is 0 Å². The van der Waals surface area contributed by atoms with E-state index in [1.807, 2.05) is 24.3 Å². The molecule has 1 unspecified atom stereocenters. The van der Waals surface area contributed by atoms with Gasteiger partial charge in [0, 0.05) is 23.1 Å². The summed E-state index contributed by atoms with van der Waals surface area (Å²) in [5.41, 5.74) is 7.80. The van der Waals surface area contributed by atoms with E-state index in [-0.39, 0.29) is 11.4 Å². The molecule has 0 radical (unpaired) electrons. The first-order valence-electron chi connectivity index (χ1n) is 8.57. The topological polar surface area (TPSA) is 85.9 Å². The number of nitrogens with two attached hydrogens (primary N) is 1. The third kappa shape index (κ3) is 4.19. The van der Waals surface area contributed by atoms with E-state index in [9.17, 15) is 4.79 Å². The van der Waals surface area contributed by atoms with Gasteiger partial charge in [0.1, 0.15) is 0 Å². The second kappa shape index (κ2) is 7.92. The number of aliphatic imine (C=N–C) groups is 1. The molecule has 142 valence electrons. The van der Waals surface area contributed by atoms with E-state index in [0.717, 1.165) is 17.7 Å². The summed E-state index contributed by atoms with van der Waals surface area (Å²) < 4.78 is 10.5. The molecule has 2 aromatic carbocycles. The van der Waals surface area contributed by atoms with Gasteiger partial charge in [0.25, 0.3) is 5.91 Å². The Bertz CT molecular complexity index is 867. The maximum Gasteiger partial charge on any atom is 0.255 e. The summed E-state index contributed by atoms with van der Waals surface area (Å²) >= 11 is 1.57. The monoisotopic (exact) mass is 385 g/mol. The minimum absolute atomic E-state index is 0.193. The Morgan fingerprint density at radius 3 is 2.48 bits per heavy atom. The van der Waals surface area contributed by atoms with Gasteiger partial charge in [0.05, 0.1) is 19.8 Å². The highest BCUT2D eigenvalue weighted by Crippen LogP contribution is 2.35. The van der Waals surface area contributed by atoms with Gasteiger partial charge >= 0.3 is 0 Å². The van der Waals surface area contributed by atoms with Crippen LogP contribution >= 0.6 is 11.8 Å². The number of amides is 1. The average Bonchev–Trinajstić information content (AvgIpc) is 2.67. The number of hydrogen-bond acceptors (Lipinski definition) is 6. The Hall–Kier alpha value is -2.67. The lowest BCUT2D eigenvalue weighted by molar-refractivity contribution is 0.102. The molecule has 3 rings (SSSR count). The number of carbonyl (C=O) groups is 1. The van der Waals surface area contributed by atoms with E-state index in [0.29, 0.717) is 27.9 Å². The Morgan fingerprint density at radius 1 is 1.15 bits per heavy atom. The Balaban J connectivity index is 1.76. The van der Waals surface area contributed by atoms with E-state index in [1.54, 1.807) is 44.2 Å². The van der Waals surface area contributed by atoms with Crippen LogP contribution in [0.3, 0.4) is 0 Å². The predicted molar refractivity (Wildman–Crippen MR) is 110 cm³/mol. The summed E-state index contributed by atoms with van der Waals surface area (Å²) in [5, 5.41) is 3.48. The minimum Gasteiger partial charge on any atom is -0.493 e. The largest absolute Gasteiger partial charge is 0.493 e. The van der Waals surface area contributed by atoms with Gasteiger partial charge in [0.15, 0.2) is 16.7 Å². The summed E-state index contributed by atoms with van der Waals surface area (Å²) in [5.74, 6) is 1.91. The first-order valence-corrected chi connectivity index (χ1v) is 9.56. The number of anilines is 1. The number of nitrogens with zero attached hydrogens (tertiary/aromatic N) is 1. The standard InChI is InChI=1S/C20H23N3O3S/c1-20(10-11-27-19(21)23-20)14-6-4-13(5-7-14)18(24)22-15-8-9-16(25-2)17(12-15)26-3/h4-9,12H,10-11H2,1-3H3,(H2,21,23)(H,22,24). The van der Waals surface area contributed by atoms with Crippen molar-refractivity contribution in [2.45, 2.75) is 18.9 Å². The number of ether oxygens (including phenoxy) is 2. The van der Waals surface area contributed by atoms with Crippen LogP contribution in [0, 0.1) is 0 Å². The number of benzene rings is 2. The van der Waals surface area contributed by atoms with Crippen LogP contribution in [0.15, 0.2) is 47.5 Å². The Labute approximate surface area is 163 Å². The summed E-state index contributed by atoms with van der Waals surface area (Å²) in [6, 6.07) is 12.7. The maximum absolute atomic E-state index is 12.6. The van der Waals surface area contributed by atoms with Gasteiger partial charge in [-0.3, -0.25) is 9.79 Å². The zero-order valence-electron chi connectivity index (χ0n) is 15.6. The van der Waals surface area contributed by atoms with Gasteiger partial charge in [-0.25, -0.2) is 0 Å². The van der Waals surface area contributed by atoms with Crippen molar-refractivity contribution in [3.8, 4) is 11.5 Å². The highest BCUT2D eigenvalue weighted by molar-refractivity contribution is 8.13. The van der Waals surface area contributed by atoms with Crippen molar-refractivity contribution in [1.82, 2.24) is 0 Å². The molecule has 1 amide bonds. The van der Waals surface area contributed by atoms with Crippen LogP contribution in [-0.4, -0.2) is 31.0 Å². The van der Waals surface area contributed by atoms with Gasteiger partial charge in [-0.15, -0.1) is 0 Å². The normalized spacial score (nSPS) is 19.1. The molecule has 0 fully saturated rings. The summed E-state index contributed by atoms with van der Waals surface area (Å²) in [6.45, 7) is 2.07. The fraction of sp³-hybridized carbons (Fsp3) is 0.300. The number of nitrogens with one attached hydrogen (secondary N) is 1. The highest BCUT2D eigenvalue weighted by Gasteiger charge is 2.29. The number of methoxy groups -OCH3 is 2. The molecule has 27 heavy (non-hydrogen) atoms. The van der Waals surface area contributed by atoms with Gasteiger partial charge < -0.3 is 20.5 Å². The molecular weight excluding hydrogens is 362 g/mol. The van der Waals surface area contributed by atoms with E-state index < -0.39 is 0 Å². The quantitative estimate of drug-likeness (QED) is 0.821. The SMILES string of the molecule is COc1ccc(NC(=O)c2ccc(C3(C)CCSC(N)=N3)cc2)cc1OC. The van der Waals surface area contributed by atoms with Gasteiger partial charge in [0.2, 0.25) is 0 Å². The van der Waals surface area contributed by atoms with Crippen molar-refractivity contribution in [3.63, 3.8) is 0 Å². The van der Waals surface area contributed by atoms with Crippen LogP contribution in [0.5, 0.6) is 11.5 Å². The lowest BCUT2D eigenvalue weighted by Gasteiger charge is -2.29. The summed E-state index contributed by atoms with van der Waals surface area (Å²) in [6.07, 6.45) is 0.912. The fourth-order valence-corrected chi connectivity index (χ4v) is 3.97. The average molecular weight is 385 g/mol. The molecule has 0 saturated carbocycles. The van der Waals surface area contributed by atoms with Crippen molar-refractivity contribution in [1.29, 1.82) is 0 Å². The molecule has 6 nitrogen and oxygen atoms in total. The molecule has 1 aliphatic heterocycles. The Kier molecular flexibility index (Phi) is 5.60. The van der Waals surface area contributed by atoms with Crippen LogP contribution in [0.25, 0.3) is 0 Å². The third-order valence-electron chi connectivity index (χ3n) is 4.61. The van der Waals surface area contributed by atoms with E-state index in [2.05, 4.69) is 17.2 Å². The number of amidine groups is 1. The molecule has 0 aliphatic carbocycles. The number of hydrogen-bond donors (Lipinski definition) is 2. The second-order valence-electron chi connectivity index (χ2n) is 6.42. The van der Waals surface area contributed by atoms with Gasteiger partial charge in [-0.05, 0) is 43.2 Å². The maximum atomic E-state index is 12.6. The van der Waals surface area contributed by atoms with Crippen LogP contribution in [0.1, 0.15) is 29.3 Å². The zero-order valence-corrected chi connectivity index (χ0v) is 16.4. The van der Waals surface area contributed by atoms with Crippen molar-refractivity contribution in [2.24, 2.45) is 10.7 Å². The van der Waals surface area contributed by atoms with Gasteiger partial charge in [-0.1, -0.05) is 23.9 Å². The van der Waals surface area contributed by atoms with E-state index in [1.165, 1.54) is 0 Å². The number of carbonyl (C=O) groups excluding carboxylic acids is 1. The molecule has 7 heteroatoms. The molecular formula is C20H23N3O3S. The fourth-order valence-electron chi connectivity index (χ4n) is 2.99. The molecule has 2 aromatic rings. The predicted octanol–water partition coefficient (Wildman–Crippen LogP) is 3.62. The van der Waals surface area contributed by atoms with Gasteiger partial charge in [-0.2, -0.15) is 0 Å². The molecule has 0 saturated heterocycles. The number of thioether (sulfide) groups is 1. The molecule has 1 aliphatic rings. The first kappa shape index (κ1) is 19.1. The first-order chi connectivity index (χ1) is 12.9. The Morgan fingerprint density at radius 2 is 1.85 bits per heavy atom. The van der Waals surface area contributed by atoms with Crippen molar-refractivity contribution in [3.05, 3.63) is 53.6 Å². The molecule has 0 bridgehead atoms. The van der Waals surface area contributed by atoms with Crippen LogP contribution in [-0.2, 0) is 5.54 Å². The highest BCUT2D eigenvalue weighted by atomic mass is 32.2. The van der Waals surface area contributed by atoms with Crippen molar-refractivity contribution < 1.29 is 14.3 Å². The van der Waals surface area contributed by atoms with E-state index in [4.69, 9.17) is 15.2 Å². The minimum atomic E-state index is -0.340.